The van der Waals surface area contributed by atoms with Crippen LogP contribution in [-0.4, -0.2) is 29.4 Å². The van der Waals surface area contributed by atoms with Crippen LogP contribution in [0.4, 0.5) is 5.69 Å². The zero-order valence-electron chi connectivity index (χ0n) is 11.7. The van der Waals surface area contributed by atoms with E-state index in [1.807, 2.05) is 6.07 Å². The maximum atomic E-state index is 12.0. The molecule has 8 heteroatoms. The molecule has 0 aliphatic heterocycles. The summed E-state index contributed by atoms with van der Waals surface area (Å²) in [7, 11) is 1.68. The number of hydrogen-bond acceptors (Lipinski definition) is 5. The fourth-order valence-corrected chi connectivity index (χ4v) is 2.82. The number of nitro groups is 1. The Labute approximate surface area is 136 Å². The molecule has 2 aromatic rings. The molecule has 116 valence electrons. The molecule has 0 radical (unpaired) electrons. The van der Waals surface area contributed by atoms with Crippen molar-refractivity contribution in [2.45, 2.75) is 6.54 Å². The van der Waals surface area contributed by atoms with E-state index in [2.05, 4.69) is 0 Å². The maximum absolute atomic E-state index is 12.0. The molecule has 0 spiro atoms. The molecular formula is C14H13ClN2O4S. The van der Waals surface area contributed by atoms with Gasteiger partial charge in [-0.25, -0.2) is 0 Å². The van der Waals surface area contributed by atoms with Gasteiger partial charge in [0.25, 0.3) is 11.6 Å². The smallest absolute Gasteiger partial charge is 0.269 e. The summed E-state index contributed by atoms with van der Waals surface area (Å²) in [5.41, 5.74) is -0.0228. The SMILES string of the molecule is CN(Cc1ccc(Cl)s1)C(=O)COc1ccc([N+](=O)[O-])cc1. The second-order valence-electron chi connectivity index (χ2n) is 4.50. The second kappa shape index (κ2) is 7.24. The number of likely N-dealkylation sites (N-methyl/N-ethyl adjacent to an activating group) is 1. The highest BCUT2D eigenvalue weighted by atomic mass is 35.5. The lowest BCUT2D eigenvalue weighted by molar-refractivity contribution is -0.384. The number of carbonyl (C=O) groups is 1. The van der Waals surface area contributed by atoms with Gasteiger partial charge < -0.3 is 9.64 Å². The molecule has 1 aromatic carbocycles. The lowest BCUT2D eigenvalue weighted by Crippen LogP contribution is -2.30. The Kier molecular flexibility index (Phi) is 5.35. The minimum atomic E-state index is -0.491. The van der Waals surface area contributed by atoms with Crippen LogP contribution in [0.5, 0.6) is 5.75 Å². The van der Waals surface area contributed by atoms with Crippen molar-refractivity contribution in [1.82, 2.24) is 4.90 Å². The first-order valence-electron chi connectivity index (χ1n) is 6.31. The normalized spacial score (nSPS) is 10.3. The van der Waals surface area contributed by atoms with E-state index in [-0.39, 0.29) is 18.2 Å². The van der Waals surface area contributed by atoms with Gasteiger partial charge in [-0.1, -0.05) is 11.6 Å². The molecule has 6 nitrogen and oxygen atoms in total. The Bertz CT molecular complexity index is 672. The van der Waals surface area contributed by atoms with Gasteiger partial charge in [-0.05, 0) is 24.3 Å². The van der Waals surface area contributed by atoms with Crippen LogP contribution in [0.25, 0.3) is 0 Å². The van der Waals surface area contributed by atoms with E-state index in [4.69, 9.17) is 16.3 Å². The van der Waals surface area contributed by atoms with E-state index >= 15 is 0 Å². The van der Waals surface area contributed by atoms with Gasteiger partial charge in [0.05, 0.1) is 15.8 Å². The van der Waals surface area contributed by atoms with E-state index < -0.39 is 4.92 Å². The Morgan fingerprint density at radius 2 is 2.00 bits per heavy atom. The molecule has 0 fully saturated rings. The van der Waals surface area contributed by atoms with Gasteiger partial charge in [-0.3, -0.25) is 14.9 Å². The molecule has 0 saturated heterocycles. The molecular weight excluding hydrogens is 328 g/mol. The van der Waals surface area contributed by atoms with Crippen LogP contribution in [0.3, 0.4) is 0 Å². The van der Waals surface area contributed by atoms with Gasteiger partial charge >= 0.3 is 0 Å². The zero-order chi connectivity index (χ0) is 16.1. The van der Waals surface area contributed by atoms with Crippen molar-refractivity contribution in [3.8, 4) is 5.75 Å². The Morgan fingerprint density at radius 3 is 2.55 bits per heavy atom. The molecule has 1 amide bonds. The van der Waals surface area contributed by atoms with Crippen molar-refractivity contribution < 1.29 is 14.5 Å². The number of carbonyl (C=O) groups excluding carboxylic acids is 1. The summed E-state index contributed by atoms with van der Waals surface area (Å²) in [5, 5.41) is 10.5. The summed E-state index contributed by atoms with van der Waals surface area (Å²) in [4.78, 5) is 24.5. The van der Waals surface area contributed by atoms with Crippen molar-refractivity contribution in [3.05, 3.63) is 55.7 Å². The standard InChI is InChI=1S/C14H13ClN2O4S/c1-16(8-12-6-7-13(15)22-12)14(18)9-21-11-4-2-10(3-5-11)17(19)20/h2-7H,8-9H2,1H3. The van der Waals surface area contributed by atoms with Gasteiger partial charge in [0.1, 0.15) is 5.75 Å². The van der Waals surface area contributed by atoms with Crippen LogP contribution in [0.2, 0.25) is 4.34 Å². The third kappa shape index (κ3) is 4.44. The van der Waals surface area contributed by atoms with Crippen molar-refractivity contribution in [2.75, 3.05) is 13.7 Å². The number of halogens is 1. The number of ether oxygens (including phenoxy) is 1. The second-order valence-corrected chi connectivity index (χ2v) is 6.29. The Hall–Kier alpha value is -2.12. The molecule has 1 heterocycles. The van der Waals surface area contributed by atoms with E-state index in [1.54, 1.807) is 13.1 Å². The highest BCUT2D eigenvalue weighted by molar-refractivity contribution is 7.16. The highest BCUT2D eigenvalue weighted by Gasteiger charge is 2.12. The predicted octanol–water partition coefficient (Wildman–Crippen LogP) is 3.35. The minimum absolute atomic E-state index is 0.0228. The fraction of sp³-hybridized carbons (Fsp3) is 0.214. The number of amides is 1. The van der Waals surface area contributed by atoms with E-state index in [0.717, 1.165) is 4.88 Å². The van der Waals surface area contributed by atoms with Gasteiger partial charge in [0, 0.05) is 24.1 Å². The molecule has 0 aliphatic carbocycles. The summed E-state index contributed by atoms with van der Waals surface area (Å²) in [6.07, 6.45) is 0. The van der Waals surface area contributed by atoms with E-state index in [1.165, 1.54) is 40.5 Å². The van der Waals surface area contributed by atoms with Gasteiger partial charge in [-0.15, -0.1) is 11.3 Å². The molecule has 0 N–H and O–H groups in total. The topological polar surface area (TPSA) is 72.7 Å². The predicted molar refractivity (Wildman–Crippen MR) is 84.4 cm³/mol. The molecule has 0 bridgehead atoms. The number of non-ortho nitro benzene ring substituents is 1. The van der Waals surface area contributed by atoms with Gasteiger partial charge in [0.15, 0.2) is 6.61 Å². The summed E-state index contributed by atoms with van der Waals surface area (Å²) in [5.74, 6) is 0.217. The van der Waals surface area contributed by atoms with Crippen molar-refractivity contribution >= 4 is 34.5 Å². The Balaban J connectivity index is 1.85. The van der Waals surface area contributed by atoms with Crippen LogP contribution < -0.4 is 4.74 Å². The van der Waals surface area contributed by atoms with Crippen molar-refractivity contribution in [1.29, 1.82) is 0 Å². The monoisotopic (exact) mass is 340 g/mol. The van der Waals surface area contributed by atoms with Crippen molar-refractivity contribution in [2.24, 2.45) is 0 Å². The molecule has 2 rings (SSSR count). The molecule has 1 aromatic heterocycles. The average molecular weight is 341 g/mol. The van der Waals surface area contributed by atoms with Gasteiger partial charge in [-0.2, -0.15) is 0 Å². The first-order valence-corrected chi connectivity index (χ1v) is 7.50. The van der Waals surface area contributed by atoms with Crippen LogP contribution in [-0.2, 0) is 11.3 Å². The first kappa shape index (κ1) is 16.3. The molecule has 22 heavy (non-hydrogen) atoms. The summed E-state index contributed by atoms with van der Waals surface area (Å²) >= 11 is 7.26. The van der Waals surface area contributed by atoms with Crippen LogP contribution in [0.1, 0.15) is 4.88 Å². The number of benzene rings is 1. The molecule has 0 atom stereocenters. The zero-order valence-corrected chi connectivity index (χ0v) is 13.3. The number of hydrogen-bond donors (Lipinski definition) is 0. The van der Waals surface area contributed by atoms with E-state index in [0.29, 0.717) is 16.6 Å². The number of nitro benzene ring substituents is 1. The molecule has 0 aliphatic rings. The Morgan fingerprint density at radius 1 is 1.32 bits per heavy atom. The average Bonchev–Trinajstić information content (AvgIpc) is 2.90. The third-order valence-corrected chi connectivity index (χ3v) is 4.07. The number of nitrogens with zero attached hydrogens (tertiary/aromatic N) is 2. The molecule has 0 unspecified atom stereocenters. The largest absolute Gasteiger partial charge is 0.484 e. The first-order chi connectivity index (χ1) is 10.5. The van der Waals surface area contributed by atoms with Crippen LogP contribution in [0.15, 0.2) is 36.4 Å². The minimum Gasteiger partial charge on any atom is -0.484 e. The summed E-state index contributed by atoms with van der Waals surface area (Å²) in [6.45, 7) is 0.327. The summed E-state index contributed by atoms with van der Waals surface area (Å²) < 4.78 is 6.01. The van der Waals surface area contributed by atoms with E-state index in [9.17, 15) is 14.9 Å². The number of rotatable bonds is 6. The lowest BCUT2D eigenvalue weighted by Gasteiger charge is -2.16. The number of thiophene rings is 1. The summed E-state index contributed by atoms with van der Waals surface area (Å²) in [6, 6.07) is 9.24. The highest BCUT2D eigenvalue weighted by Crippen LogP contribution is 2.22. The van der Waals surface area contributed by atoms with Gasteiger partial charge in [0.2, 0.25) is 0 Å². The molecule has 0 saturated carbocycles. The third-order valence-electron chi connectivity index (χ3n) is 2.86. The van der Waals surface area contributed by atoms with Crippen LogP contribution in [0, 0.1) is 10.1 Å². The maximum Gasteiger partial charge on any atom is 0.269 e. The lowest BCUT2D eigenvalue weighted by atomic mass is 10.3. The quantitative estimate of drug-likeness (QED) is 0.597. The van der Waals surface area contributed by atoms with Crippen molar-refractivity contribution in [3.63, 3.8) is 0 Å². The van der Waals surface area contributed by atoms with Crippen LogP contribution >= 0.6 is 22.9 Å². The fourth-order valence-electron chi connectivity index (χ4n) is 1.68.